The Morgan fingerprint density at radius 2 is 2.04 bits per heavy atom. The van der Waals surface area contributed by atoms with Crippen molar-refractivity contribution in [3.63, 3.8) is 0 Å². The summed E-state index contributed by atoms with van der Waals surface area (Å²) in [7, 11) is 1.55. The second-order valence-electron chi connectivity index (χ2n) is 6.76. The topological polar surface area (TPSA) is 58.2 Å². The molecule has 0 spiro atoms. The van der Waals surface area contributed by atoms with Crippen LogP contribution in [-0.4, -0.2) is 28.5 Å². The molecule has 1 aromatic heterocycles. The molecule has 0 unspecified atom stereocenters. The van der Waals surface area contributed by atoms with E-state index in [0.29, 0.717) is 53.8 Å². The molecule has 0 fully saturated rings. The van der Waals surface area contributed by atoms with E-state index in [9.17, 15) is 9.18 Å². The molecule has 0 saturated heterocycles. The highest BCUT2D eigenvalue weighted by Crippen LogP contribution is 2.23. The van der Waals surface area contributed by atoms with Gasteiger partial charge in [-0.2, -0.15) is 0 Å². The number of benzene rings is 2. The standard InChI is InChI=1S/C21H19ClFN3O2/c1-28-16-6-7-18(23)14(10-16)11-26-9-8-19-17(12-26)21(27)25-20(24-19)13-2-4-15(22)5-3-13/h2-7,10H,8-9,11-12H2,1H3,(H,24,25,27). The molecule has 3 aromatic rings. The Labute approximate surface area is 166 Å². The summed E-state index contributed by atoms with van der Waals surface area (Å²) in [5, 5.41) is 0.629. The Morgan fingerprint density at radius 3 is 2.79 bits per heavy atom. The van der Waals surface area contributed by atoms with Gasteiger partial charge in [0.15, 0.2) is 0 Å². The average molecular weight is 400 g/mol. The molecule has 1 aliphatic rings. The summed E-state index contributed by atoms with van der Waals surface area (Å²) in [5.74, 6) is 0.866. The molecule has 0 amide bonds. The molecular weight excluding hydrogens is 381 g/mol. The maximum Gasteiger partial charge on any atom is 0.255 e. The number of methoxy groups -OCH3 is 1. The van der Waals surface area contributed by atoms with E-state index in [0.717, 1.165) is 11.3 Å². The summed E-state index contributed by atoms with van der Waals surface area (Å²) in [6, 6.07) is 11.9. The number of H-pyrrole nitrogens is 1. The second-order valence-corrected chi connectivity index (χ2v) is 7.20. The molecule has 0 saturated carbocycles. The maximum atomic E-state index is 14.1. The Balaban J connectivity index is 1.58. The van der Waals surface area contributed by atoms with Crippen LogP contribution >= 0.6 is 11.6 Å². The van der Waals surface area contributed by atoms with Crippen LogP contribution in [0, 0.1) is 5.82 Å². The predicted octanol–water partition coefficient (Wildman–Crippen LogP) is 3.80. The van der Waals surface area contributed by atoms with Crippen molar-refractivity contribution in [3.05, 3.63) is 80.5 Å². The van der Waals surface area contributed by atoms with Gasteiger partial charge in [0.1, 0.15) is 17.4 Å². The van der Waals surface area contributed by atoms with Crippen LogP contribution in [0.25, 0.3) is 11.4 Å². The third-order valence-corrected chi connectivity index (χ3v) is 5.16. The summed E-state index contributed by atoms with van der Waals surface area (Å²) in [6.07, 6.45) is 0.630. The molecule has 1 aliphatic heterocycles. The Bertz CT molecular complexity index is 1070. The van der Waals surface area contributed by atoms with Crippen LogP contribution in [0.5, 0.6) is 5.75 Å². The van der Waals surface area contributed by atoms with Gasteiger partial charge in [-0.05, 0) is 42.5 Å². The molecular formula is C21H19ClFN3O2. The van der Waals surface area contributed by atoms with Gasteiger partial charge in [-0.3, -0.25) is 9.69 Å². The Kier molecular flexibility index (Phi) is 5.15. The van der Waals surface area contributed by atoms with Gasteiger partial charge in [0, 0.05) is 42.2 Å². The number of rotatable bonds is 4. The number of hydrogen-bond donors (Lipinski definition) is 1. The summed E-state index contributed by atoms with van der Waals surface area (Å²) in [4.78, 5) is 22.2. The van der Waals surface area contributed by atoms with Crippen molar-refractivity contribution < 1.29 is 9.13 Å². The van der Waals surface area contributed by atoms with E-state index in [1.54, 1.807) is 31.4 Å². The monoisotopic (exact) mass is 399 g/mol. The van der Waals surface area contributed by atoms with E-state index in [1.807, 2.05) is 17.0 Å². The molecule has 0 aliphatic carbocycles. The third-order valence-electron chi connectivity index (χ3n) is 4.91. The van der Waals surface area contributed by atoms with E-state index in [1.165, 1.54) is 6.07 Å². The fourth-order valence-electron chi connectivity index (χ4n) is 3.40. The number of nitrogens with one attached hydrogen (secondary N) is 1. The van der Waals surface area contributed by atoms with Gasteiger partial charge >= 0.3 is 0 Å². The predicted molar refractivity (Wildman–Crippen MR) is 106 cm³/mol. The lowest BCUT2D eigenvalue weighted by Gasteiger charge is -2.28. The van der Waals surface area contributed by atoms with Crippen LogP contribution in [0.1, 0.15) is 16.8 Å². The zero-order chi connectivity index (χ0) is 19.7. The number of aromatic amines is 1. The van der Waals surface area contributed by atoms with Crippen molar-refractivity contribution >= 4 is 11.6 Å². The Hall–Kier alpha value is -2.70. The van der Waals surface area contributed by atoms with Crippen LogP contribution < -0.4 is 10.3 Å². The first kappa shape index (κ1) is 18.7. The highest BCUT2D eigenvalue weighted by atomic mass is 35.5. The average Bonchev–Trinajstić information content (AvgIpc) is 2.70. The molecule has 2 aromatic carbocycles. The highest BCUT2D eigenvalue weighted by Gasteiger charge is 2.22. The van der Waals surface area contributed by atoms with Crippen molar-refractivity contribution in [1.82, 2.24) is 14.9 Å². The minimum absolute atomic E-state index is 0.161. The third kappa shape index (κ3) is 3.79. The van der Waals surface area contributed by atoms with Gasteiger partial charge in [-0.1, -0.05) is 11.6 Å². The van der Waals surface area contributed by atoms with Crippen molar-refractivity contribution in [2.75, 3.05) is 13.7 Å². The van der Waals surface area contributed by atoms with Crippen molar-refractivity contribution in [2.45, 2.75) is 19.5 Å². The summed E-state index contributed by atoms with van der Waals surface area (Å²) in [5.41, 5.74) is 2.62. The molecule has 28 heavy (non-hydrogen) atoms. The van der Waals surface area contributed by atoms with E-state index in [2.05, 4.69) is 9.97 Å². The minimum Gasteiger partial charge on any atom is -0.497 e. The molecule has 5 nitrogen and oxygen atoms in total. The smallest absolute Gasteiger partial charge is 0.255 e. The fraction of sp³-hybridized carbons (Fsp3) is 0.238. The lowest BCUT2D eigenvalue weighted by Crippen LogP contribution is -2.35. The van der Waals surface area contributed by atoms with Gasteiger partial charge in [0.05, 0.1) is 18.4 Å². The molecule has 2 heterocycles. The molecule has 1 N–H and O–H groups in total. The van der Waals surface area contributed by atoms with Crippen molar-refractivity contribution in [3.8, 4) is 17.1 Å². The molecule has 7 heteroatoms. The first-order chi connectivity index (χ1) is 13.5. The SMILES string of the molecule is COc1ccc(F)c(CN2CCc3nc(-c4ccc(Cl)cc4)[nH]c(=O)c3C2)c1. The zero-order valence-electron chi connectivity index (χ0n) is 15.3. The summed E-state index contributed by atoms with van der Waals surface area (Å²) in [6.45, 7) is 1.52. The summed E-state index contributed by atoms with van der Waals surface area (Å²) < 4.78 is 19.3. The van der Waals surface area contributed by atoms with Gasteiger partial charge in [-0.25, -0.2) is 9.37 Å². The summed E-state index contributed by atoms with van der Waals surface area (Å²) >= 11 is 5.93. The van der Waals surface area contributed by atoms with E-state index in [-0.39, 0.29) is 11.4 Å². The first-order valence-electron chi connectivity index (χ1n) is 8.96. The van der Waals surface area contributed by atoms with E-state index in [4.69, 9.17) is 16.3 Å². The zero-order valence-corrected chi connectivity index (χ0v) is 16.1. The van der Waals surface area contributed by atoms with E-state index >= 15 is 0 Å². The quantitative estimate of drug-likeness (QED) is 0.725. The van der Waals surface area contributed by atoms with Crippen molar-refractivity contribution in [2.24, 2.45) is 0 Å². The molecule has 0 radical (unpaired) electrons. The van der Waals surface area contributed by atoms with Crippen LogP contribution in [0.4, 0.5) is 4.39 Å². The maximum absolute atomic E-state index is 14.1. The van der Waals surface area contributed by atoms with Gasteiger partial charge < -0.3 is 9.72 Å². The normalized spacial score (nSPS) is 14.0. The second kappa shape index (κ2) is 7.73. The van der Waals surface area contributed by atoms with Gasteiger partial charge in [0.25, 0.3) is 5.56 Å². The first-order valence-corrected chi connectivity index (χ1v) is 9.34. The highest BCUT2D eigenvalue weighted by molar-refractivity contribution is 6.30. The lowest BCUT2D eigenvalue weighted by molar-refractivity contribution is 0.238. The van der Waals surface area contributed by atoms with Crippen molar-refractivity contribution in [1.29, 1.82) is 0 Å². The van der Waals surface area contributed by atoms with E-state index < -0.39 is 0 Å². The van der Waals surface area contributed by atoms with Crippen LogP contribution in [-0.2, 0) is 19.5 Å². The fourth-order valence-corrected chi connectivity index (χ4v) is 3.53. The molecule has 144 valence electrons. The van der Waals surface area contributed by atoms with Crippen LogP contribution in [0.2, 0.25) is 5.02 Å². The number of nitrogens with zero attached hydrogens (tertiary/aromatic N) is 2. The number of ether oxygens (including phenoxy) is 1. The van der Waals surface area contributed by atoms with Gasteiger partial charge in [0.2, 0.25) is 0 Å². The Morgan fingerprint density at radius 1 is 1.25 bits per heavy atom. The number of hydrogen-bond acceptors (Lipinski definition) is 4. The lowest BCUT2D eigenvalue weighted by atomic mass is 10.0. The van der Waals surface area contributed by atoms with Crippen LogP contribution in [0.15, 0.2) is 47.3 Å². The minimum atomic E-state index is -0.281. The molecule has 0 bridgehead atoms. The van der Waals surface area contributed by atoms with Crippen LogP contribution in [0.3, 0.4) is 0 Å². The van der Waals surface area contributed by atoms with Gasteiger partial charge in [-0.15, -0.1) is 0 Å². The number of aromatic nitrogens is 2. The molecule has 4 rings (SSSR count). The number of fused-ring (bicyclic) bond motifs is 1. The molecule has 0 atom stereocenters. The number of halogens is 2. The largest absolute Gasteiger partial charge is 0.497 e.